The third kappa shape index (κ3) is 6.62. The maximum atomic E-state index is 10.9. The van der Waals surface area contributed by atoms with Gasteiger partial charge in [0, 0.05) is 12.4 Å². The van der Waals surface area contributed by atoms with Crippen molar-refractivity contribution in [3.8, 4) is 0 Å². The molecule has 0 aromatic heterocycles. The average molecular weight is 231 g/mol. The number of ether oxygens (including phenoxy) is 1. The molecule has 78 valence electrons. The molecule has 0 aromatic carbocycles. The molecular formula is C5H11ClN2O4S. The van der Waals surface area contributed by atoms with Gasteiger partial charge >= 0.3 is 16.3 Å². The highest BCUT2D eigenvalue weighted by Crippen LogP contribution is 1.84. The number of alkyl halides is 1. The zero-order valence-electron chi connectivity index (χ0n) is 7.04. The van der Waals surface area contributed by atoms with Crippen molar-refractivity contribution < 1.29 is 17.9 Å². The Morgan fingerprint density at radius 2 is 2.15 bits per heavy atom. The van der Waals surface area contributed by atoms with Crippen LogP contribution in [-0.2, 0) is 14.9 Å². The van der Waals surface area contributed by atoms with E-state index in [1.807, 2.05) is 0 Å². The zero-order chi connectivity index (χ0) is 10.3. The van der Waals surface area contributed by atoms with Crippen LogP contribution in [0.2, 0.25) is 0 Å². The van der Waals surface area contributed by atoms with E-state index in [2.05, 4.69) is 9.46 Å². The quantitative estimate of drug-likeness (QED) is 0.506. The van der Waals surface area contributed by atoms with Crippen molar-refractivity contribution in [3.63, 3.8) is 0 Å². The number of carbonyl (C=O) groups excluding carboxylic acids is 1. The van der Waals surface area contributed by atoms with Gasteiger partial charge in [0.05, 0.1) is 7.11 Å². The molecule has 0 aliphatic carbocycles. The second-order valence-corrected chi connectivity index (χ2v) is 3.91. The van der Waals surface area contributed by atoms with Gasteiger partial charge in [-0.1, -0.05) is 0 Å². The van der Waals surface area contributed by atoms with Gasteiger partial charge in [0.25, 0.3) is 0 Å². The molecule has 0 aliphatic rings. The van der Waals surface area contributed by atoms with Crippen molar-refractivity contribution in [2.75, 3.05) is 19.5 Å². The summed E-state index contributed by atoms with van der Waals surface area (Å²) in [6.45, 7) is 0.176. The lowest BCUT2D eigenvalue weighted by Crippen LogP contribution is -2.40. The van der Waals surface area contributed by atoms with Gasteiger partial charge in [-0.3, -0.25) is 0 Å². The molecule has 0 atom stereocenters. The maximum absolute atomic E-state index is 10.9. The number of nitrogens with one attached hydrogen (secondary N) is 2. The summed E-state index contributed by atoms with van der Waals surface area (Å²) < 4.78 is 29.6. The molecular weight excluding hydrogens is 220 g/mol. The highest BCUT2D eigenvalue weighted by Gasteiger charge is 2.12. The largest absolute Gasteiger partial charge is 0.452 e. The van der Waals surface area contributed by atoms with Crippen molar-refractivity contribution >= 4 is 27.9 Å². The Kier molecular flexibility index (Phi) is 5.76. The first-order chi connectivity index (χ1) is 6.02. The van der Waals surface area contributed by atoms with Crippen LogP contribution in [0, 0.1) is 0 Å². The van der Waals surface area contributed by atoms with Gasteiger partial charge in [-0.05, 0) is 6.42 Å². The van der Waals surface area contributed by atoms with E-state index in [1.54, 1.807) is 4.72 Å². The fraction of sp³-hybridized carbons (Fsp3) is 0.800. The number of carbonyl (C=O) groups is 1. The lowest BCUT2D eigenvalue weighted by atomic mass is 10.5. The number of hydrogen-bond acceptors (Lipinski definition) is 4. The van der Waals surface area contributed by atoms with Gasteiger partial charge in [0.2, 0.25) is 0 Å². The predicted molar refractivity (Wildman–Crippen MR) is 47.8 cm³/mol. The number of rotatable bonds is 5. The van der Waals surface area contributed by atoms with Crippen molar-refractivity contribution in [2.24, 2.45) is 0 Å². The Morgan fingerprint density at radius 3 is 2.62 bits per heavy atom. The topological polar surface area (TPSA) is 84.5 Å². The molecule has 0 spiro atoms. The molecule has 0 aliphatic heterocycles. The third-order valence-corrected chi connectivity index (χ3v) is 2.29. The van der Waals surface area contributed by atoms with Gasteiger partial charge in [0.1, 0.15) is 0 Å². The predicted octanol–water partition coefficient (Wildman–Crippen LogP) is -0.194. The van der Waals surface area contributed by atoms with Crippen molar-refractivity contribution in [2.45, 2.75) is 6.42 Å². The molecule has 0 saturated heterocycles. The number of amides is 1. The minimum absolute atomic E-state index is 0.176. The second-order valence-electron chi connectivity index (χ2n) is 2.03. The van der Waals surface area contributed by atoms with Crippen molar-refractivity contribution in [1.82, 2.24) is 9.44 Å². The molecule has 6 nitrogen and oxygen atoms in total. The van der Waals surface area contributed by atoms with Crippen molar-refractivity contribution in [3.05, 3.63) is 0 Å². The average Bonchev–Trinajstić information content (AvgIpc) is 2.03. The standard InChI is InChI=1S/C5H11ClN2O4S/c1-12-5(9)8-13(10,11)7-4-2-3-6/h7H,2-4H2,1H3,(H,8,9). The fourth-order valence-electron chi connectivity index (χ4n) is 0.461. The molecule has 8 heteroatoms. The smallest absolute Gasteiger partial charge is 0.421 e. The Hall–Kier alpha value is -0.530. The van der Waals surface area contributed by atoms with Crippen LogP contribution in [0.1, 0.15) is 6.42 Å². The normalized spacial score (nSPS) is 10.9. The number of methoxy groups -OCH3 is 1. The molecule has 13 heavy (non-hydrogen) atoms. The van der Waals surface area contributed by atoms with Gasteiger partial charge in [-0.25, -0.2) is 9.52 Å². The molecule has 1 amide bonds. The molecule has 0 rings (SSSR count). The molecule has 0 radical (unpaired) electrons. The van der Waals surface area contributed by atoms with Gasteiger partial charge in [0.15, 0.2) is 0 Å². The second kappa shape index (κ2) is 6.01. The Bertz CT molecular complexity index is 253. The first-order valence-electron chi connectivity index (χ1n) is 3.43. The molecule has 0 heterocycles. The van der Waals surface area contributed by atoms with Crippen LogP contribution < -0.4 is 9.44 Å². The van der Waals surface area contributed by atoms with E-state index in [4.69, 9.17) is 11.6 Å². The van der Waals surface area contributed by atoms with E-state index >= 15 is 0 Å². The molecule has 0 saturated carbocycles. The van der Waals surface area contributed by atoms with E-state index in [1.165, 1.54) is 0 Å². The summed E-state index contributed by atoms with van der Waals surface area (Å²) in [7, 11) is -2.73. The number of halogens is 1. The molecule has 0 aromatic rings. The molecule has 2 N–H and O–H groups in total. The highest BCUT2D eigenvalue weighted by atomic mass is 35.5. The maximum Gasteiger partial charge on any atom is 0.421 e. The molecule has 0 bridgehead atoms. The number of hydrogen-bond donors (Lipinski definition) is 2. The van der Waals surface area contributed by atoms with Crippen LogP contribution in [-0.4, -0.2) is 34.0 Å². The summed E-state index contributed by atoms with van der Waals surface area (Å²) >= 11 is 5.32. The Labute approximate surface area is 81.8 Å². The van der Waals surface area contributed by atoms with Crippen molar-refractivity contribution in [1.29, 1.82) is 0 Å². The summed E-state index contributed by atoms with van der Waals surface area (Å²) in [5.74, 6) is 0.348. The van der Waals surface area contributed by atoms with E-state index in [9.17, 15) is 13.2 Å². The van der Waals surface area contributed by atoms with E-state index in [0.717, 1.165) is 7.11 Å². The SMILES string of the molecule is COC(=O)NS(=O)(=O)NCCCCl. The van der Waals surface area contributed by atoms with Gasteiger partial charge in [-0.2, -0.15) is 13.1 Å². The van der Waals surface area contributed by atoms with Crippen LogP contribution in [0.15, 0.2) is 0 Å². The summed E-state index contributed by atoms with van der Waals surface area (Å²) in [5.41, 5.74) is 0. The van der Waals surface area contributed by atoms with Crippen LogP contribution in [0.3, 0.4) is 0 Å². The van der Waals surface area contributed by atoms with Crippen LogP contribution >= 0.6 is 11.6 Å². The third-order valence-electron chi connectivity index (χ3n) is 1.01. The summed E-state index contributed by atoms with van der Waals surface area (Å²) in [4.78, 5) is 10.5. The first-order valence-corrected chi connectivity index (χ1v) is 5.45. The highest BCUT2D eigenvalue weighted by molar-refractivity contribution is 7.88. The summed E-state index contributed by atoms with van der Waals surface area (Å²) in [5, 5.41) is 0. The molecule has 0 unspecified atom stereocenters. The van der Waals surface area contributed by atoms with Crippen LogP contribution in [0.25, 0.3) is 0 Å². The Morgan fingerprint density at radius 1 is 1.54 bits per heavy atom. The Balaban J connectivity index is 3.88. The minimum atomic E-state index is -3.80. The van der Waals surface area contributed by atoms with Crippen LogP contribution in [0.5, 0.6) is 0 Å². The van der Waals surface area contributed by atoms with Gasteiger partial charge < -0.3 is 4.74 Å². The minimum Gasteiger partial charge on any atom is -0.452 e. The first kappa shape index (κ1) is 12.5. The molecule has 0 fully saturated rings. The lowest BCUT2D eigenvalue weighted by Gasteiger charge is -2.05. The van der Waals surface area contributed by atoms with Crippen LogP contribution in [0.4, 0.5) is 4.79 Å². The summed E-state index contributed by atoms with van der Waals surface area (Å²) in [6.07, 6.45) is -0.540. The monoisotopic (exact) mass is 230 g/mol. The zero-order valence-corrected chi connectivity index (χ0v) is 8.61. The van der Waals surface area contributed by atoms with E-state index < -0.39 is 16.3 Å². The summed E-state index contributed by atoms with van der Waals surface area (Å²) in [6, 6.07) is 0. The fourth-order valence-corrected chi connectivity index (χ4v) is 1.38. The van der Waals surface area contributed by atoms with E-state index in [-0.39, 0.29) is 6.54 Å². The lowest BCUT2D eigenvalue weighted by molar-refractivity contribution is 0.177. The van der Waals surface area contributed by atoms with E-state index in [0.29, 0.717) is 12.3 Å². The van der Waals surface area contributed by atoms with Gasteiger partial charge in [-0.15, -0.1) is 11.6 Å².